The Labute approximate surface area is 122 Å². The zero-order valence-electron chi connectivity index (χ0n) is 10.8. The summed E-state index contributed by atoms with van der Waals surface area (Å²) >= 11 is 1.82. The first-order valence-corrected chi connectivity index (χ1v) is 6.48. The van der Waals surface area contributed by atoms with Gasteiger partial charge in [-0.1, -0.05) is 6.92 Å². The summed E-state index contributed by atoms with van der Waals surface area (Å²) in [6.07, 6.45) is 0.835. The van der Waals surface area contributed by atoms with E-state index in [0.29, 0.717) is 5.25 Å². The number of thioether (sulfide) groups is 1. The summed E-state index contributed by atoms with van der Waals surface area (Å²) in [6.45, 7) is 2.16. The van der Waals surface area contributed by atoms with Crippen LogP contribution in [0.2, 0.25) is 0 Å². The number of guanidine groups is 1. The van der Waals surface area contributed by atoms with E-state index in [9.17, 15) is 0 Å². The molecule has 0 spiro atoms. The van der Waals surface area contributed by atoms with E-state index in [1.165, 1.54) is 4.90 Å². The highest BCUT2D eigenvalue weighted by molar-refractivity contribution is 8.00. The molecule has 7 heteroatoms. The van der Waals surface area contributed by atoms with Crippen LogP contribution in [0.5, 0.6) is 5.75 Å². The van der Waals surface area contributed by atoms with Crippen LogP contribution in [0.3, 0.4) is 0 Å². The van der Waals surface area contributed by atoms with Gasteiger partial charge < -0.3 is 16.2 Å². The third-order valence-corrected chi connectivity index (χ3v) is 3.77. The van der Waals surface area contributed by atoms with Crippen LogP contribution in [0.1, 0.15) is 18.9 Å². The predicted molar refractivity (Wildman–Crippen MR) is 82.5 cm³/mol. The zero-order valence-corrected chi connectivity index (χ0v) is 12.4. The van der Waals surface area contributed by atoms with Gasteiger partial charge in [-0.05, 0) is 18.2 Å². The summed E-state index contributed by atoms with van der Waals surface area (Å²) in [5, 5.41) is 8.34. The topological polar surface area (TPSA) is 86.0 Å². The van der Waals surface area contributed by atoms with Crippen molar-refractivity contribution >= 4 is 35.8 Å². The lowest BCUT2D eigenvalue weighted by Crippen LogP contribution is -2.22. The Bertz CT molecular complexity index is 514. The number of hydrogen-bond acceptors (Lipinski definition) is 4. The van der Waals surface area contributed by atoms with Crippen molar-refractivity contribution in [2.24, 2.45) is 21.7 Å². The van der Waals surface area contributed by atoms with Gasteiger partial charge in [-0.25, -0.2) is 0 Å². The first-order valence-electron chi connectivity index (χ1n) is 5.60. The van der Waals surface area contributed by atoms with Crippen LogP contribution in [0, 0.1) is 0 Å². The van der Waals surface area contributed by atoms with Crippen LogP contribution >= 0.6 is 24.2 Å². The van der Waals surface area contributed by atoms with E-state index in [1.807, 2.05) is 30.0 Å². The SMILES string of the molecule is COc1ccc2c(c1)C(=NN=C(N)N)CC(C)S2.Cl. The van der Waals surface area contributed by atoms with Crippen LogP contribution in [0.15, 0.2) is 33.3 Å². The molecule has 1 aliphatic rings. The Morgan fingerprint density at radius 1 is 1.42 bits per heavy atom. The molecule has 0 radical (unpaired) electrons. The molecule has 2 rings (SSSR count). The summed E-state index contributed by atoms with van der Waals surface area (Å²) in [7, 11) is 1.65. The smallest absolute Gasteiger partial charge is 0.211 e. The molecule has 0 saturated heterocycles. The van der Waals surface area contributed by atoms with E-state index >= 15 is 0 Å². The van der Waals surface area contributed by atoms with Gasteiger partial charge in [0.2, 0.25) is 5.96 Å². The summed E-state index contributed by atoms with van der Waals surface area (Å²) < 4.78 is 5.23. The lowest BCUT2D eigenvalue weighted by molar-refractivity contribution is 0.414. The molecular weight excluding hydrogens is 284 g/mol. The first-order chi connectivity index (χ1) is 8.60. The number of halogens is 1. The molecular formula is C12H17ClN4OS. The van der Waals surface area contributed by atoms with Gasteiger partial charge in [0.15, 0.2) is 0 Å². The maximum atomic E-state index is 5.31. The van der Waals surface area contributed by atoms with Gasteiger partial charge in [-0.2, -0.15) is 5.10 Å². The minimum absolute atomic E-state index is 0. The van der Waals surface area contributed by atoms with E-state index in [1.54, 1.807) is 7.11 Å². The van der Waals surface area contributed by atoms with Crippen molar-refractivity contribution in [2.45, 2.75) is 23.5 Å². The molecule has 1 atom stereocenters. The van der Waals surface area contributed by atoms with Crippen molar-refractivity contribution < 1.29 is 4.74 Å². The number of ether oxygens (including phenoxy) is 1. The lowest BCUT2D eigenvalue weighted by Gasteiger charge is -2.22. The molecule has 0 fully saturated rings. The molecule has 5 nitrogen and oxygen atoms in total. The molecule has 0 aliphatic carbocycles. The average Bonchev–Trinajstić information content (AvgIpc) is 2.35. The van der Waals surface area contributed by atoms with Crippen LogP contribution in [-0.4, -0.2) is 24.0 Å². The maximum absolute atomic E-state index is 5.31. The third kappa shape index (κ3) is 3.78. The average molecular weight is 301 g/mol. The van der Waals surface area contributed by atoms with E-state index in [0.717, 1.165) is 23.4 Å². The van der Waals surface area contributed by atoms with Crippen LogP contribution in [0.25, 0.3) is 0 Å². The first kappa shape index (κ1) is 15.7. The third-order valence-electron chi connectivity index (χ3n) is 2.59. The van der Waals surface area contributed by atoms with Gasteiger partial charge in [0.25, 0.3) is 0 Å². The minimum atomic E-state index is -0.0298. The molecule has 0 bridgehead atoms. The number of benzene rings is 1. The lowest BCUT2D eigenvalue weighted by atomic mass is 10.0. The highest BCUT2D eigenvalue weighted by atomic mass is 35.5. The second kappa shape index (κ2) is 6.68. The standard InChI is InChI=1S/C12H16N4OS.ClH/c1-7-5-10(15-16-12(13)14)9-6-8(17-2)3-4-11(9)18-7;/h3-4,6-7H,5H2,1-2H3,(H4,13,14,16);1H. The fourth-order valence-electron chi connectivity index (χ4n) is 1.82. The highest BCUT2D eigenvalue weighted by Gasteiger charge is 2.22. The second-order valence-corrected chi connectivity index (χ2v) is 5.55. The Hall–Kier alpha value is -1.40. The predicted octanol–water partition coefficient (Wildman–Crippen LogP) is 1.98. The fourth-order valence-corrected chi connectivity index (χ4v) is 2.94. The molecule has 1 aromatic carbocycles. The number of hydrogen-bond donors (Lipinski definition) is 2. The van der Waals surface area contributed by atoms with Crippen LogP contribution < -0.4 is 16.2 Å². The molecule has 104 valence electrons. The minimum Gasteiger partial charge on any atom is -0.497 e. The largest absolute Gasteiger partial charge is 0.497 e. The molecule has 0 saturated carbocycles. The van der Waals surface area contributed by atoms with Gasteiger partial charge >= 0.3 is 0 Å². The number of methoxy groups -OCH3 is 1. The molecule has 4 N–H and O–H groups in total. The fraction of sp³-hybridized carbons (Fsp3) is 0.333. The molecule has 1 aromatic rings. The molecule has 0 amide bonds. The Morgan fingerprint density at radius 2 is 2.16 bits per heavy atom. The van der Waals surface area contributed by atoms with Crippen LogP contribution in [-0.2, 0) is 0 Å². The zero-order chi connectivity index (χ0) is 13.1. The number of rotatable bonds is 2. The molecule has 0 aromatic heterocycles. The van der Waals surface area contributed by atoms with Crippen molar-refractivity contribution in [3.8, 4) is 5.75 Å². The molecule has 1 heterocycles. The van der Waals surface area contributed by atoms with Gasteiger partial charge in [-0.3, -0.25) is 0 Å². The Balaban J connectivity index is 0.00000180. The van der Waals surface area contributed by atoms with Gasteiger partial charge in [0.05, 0.1) is 12.8 Å². The molecule has 1 aliphatic heterocycles. The van der Waals surface area contributed by atoms with Gasteiger partial charge in [-0.15, -0.1) is 29.3 Å². The Morgan fingerprint density at radius 3 is 2.79 bits per heavy atom. The molecule has 19 heavy (non-hydrogen) atoms. The van der Waals surface area contributed by atoms with Crippen molar-refractivity contribution in [1.82, 2.24) is 0 Å². The Kier molecular flexibility index (Phi) is 5.50. The summed E-state index contributed by atoms with van der Waals surface area (Å²) in [4.78, 5) is 1.18. The summed E-state index contributed by atoms with van der Waals surface area (Å²) in [6, 6.07) is 5.96. The van der Waals surface area contributed by atoms with Crippen molar-refractivity contribution in [2.75, 3.05) is 7.11 Å². The van der Waals surface area contributed by atoms with Crippen LogP contribution in [0.4, 0.5) is 0 Å². The van der Waals surface area contributed by atoms with E-state index < -0.39 is 0 Å². The second-order valence-electron chi connectivity index (χ2n) is 4.07. The van der Waals surface area contributed by atoms with Crippen molar-refractivity contribution in [3.05, 3.63) is 23.8 Å². The van der Waals surface area contributed by atoms with Gasteiger partial charge in [0, 0.05) is 22.1 Å². The van der Waals surface area contributed by atoms with E-state index in [4.69, 9.17) is 16.2 Å². The maximum Gasteiger partial charge on any atom is 0.211 e. The van der Waals surface area contributed by atoms with Crippen molar-refractivity contribution in [3.63, 3.8) is 0 Å². The summed E-state index contributed by atoms with van der Waals surface area (Å²) in [5.41, 5.74) is 12.6. The van der Waals surface area contributed by atoms with E-state index in [-0.39, 0.29) is 18.4 Å². The monoisotopic (exact) mass is 300 g/mol. The quantitative estimate of drug-likeness (QED) is 0.497. The molecule has 1 unspecified atom stereocenters. The number of nitrogens with two attached hydrogens (primary N) is 2. The number of fused-ring (bicyclic) bond motifs is 1. The highest BCUT2D eigenvalue weighted by Crippen LogP contribution is 2.37. The van der Waals surface area contributed by atoms with E-state index in [2.05, 4.69) is 17.1 Å². The summed E-state index contributed by atoms with van der Waals surface area (Å²) in [5.74, 6) is 0.777. The van der Waals surface area contributed by atoms with Gasteiger partial charge in [0.1, 0.15) is 5.75 Å². The van der Waals surface area contributed by atoms with Crippen molar-refractivity contribution in [1.29, 1.82) is 0 Å². The number of nitrogens with zero attached hydrogens (tertiary/aromatic N) is 2. The normalized spacial score (nSPS) is 19.3.